The molecule has 0 aliphatic rings. The van der Waals surface area contributed by atoms with Gasteiger partial charge < -0.3 is 10.4 Å². The van der Waals surface area contributed by atoms with Crippen molar-refractivity contribution in [1.82, 2.24) is 0 Å². The van der Waals surface area contributed by atoms with Gasteiger partial charge in [-0.15, -0.1) is 0 Å². The van der Waals surface area contributed by atoms with Crippen LogP contribution in [0.4, 0.5) is 5.69 Å². The number of hydrogen-bond acceptors (Lipinski definition) is 2. The third kappa shape index (κ3) is 3.09. The molecule has 92 valence electrons. The van der Waals surface area contributed by atoms with Crippen molar-refractivity contribution in [3.05, 3.63) is 34.9 Å². The molecule has 0 spiro atoms. The lowest BCUT2D eigenvalue weighted by Gasteiger charge is -2.16. The number of carbonyl (C=O) groups excluding carboxylic acids is 1. The van der Waals surface area contributed by atoms with Gasteiger partial charge in [0, 0.05) is 18.2 Å². The second kappa shape index (κ2) is 5.04. The van der Waals surface area contributed by atoms with Crippen molar-refractivity contribution in [3.63, 3.8) is 0 Å². The van der Waals surface area contributed by atoms with Gasteiger partial charge in [-0.3, -0.25) is 4.79 Å². The number of phenols is 1. The number of carbonyl (C=O) groups is 1. The Morgan fingerprint density at radius 2 is 2.00 bits per heavy atom. The molecule has 17 heavy (non-hydrogen) atoms. The smallest absolute Gasteiger partial charge is 0.221 e. The molecule has 0 atom stereocenters. The Hall–Kier alpha value is -1.77. The Morgan fingerprint density at radius 3 is 2.47 bits per heavy atom. The Kier molecular flexibility index (Phi) is 3.94. The standard InChI is InChI=1S/C14H19NO2/c1-8(2)6-12-10(4)14(15-11(5)16)9(3)7-13(12)17/h7,17H,1,6H2,2-5H3,(H,15,16). The molecular weight excluding hydrogens is 214 g/mol. The highest BCUT2D eigenvalue weighted by molar-refractivity contribution is 5.91. The summed E-state index contributed by atoms with van der Waals surface area (Å²) in [5.74, 6) is 0.153. The van der Waals surface area contributed by atoms with Crippen LogP contribution in [0.15, 0.2) is 18.2 Å². The fourth-order valence-electron chi connectivity index (χ4n) is 1.90. The lowest BCUT2D eigenvalue weighted by Crippen LogP contribution is -2.10. The molecule has 0 heterocycles. The predicted molar refractivity (Wildman–Crippen MR) is 70.4 cm³/mol. The van der Waals surface area contributed by atoms with E-state index in [9.17, 15) is 9.90 Å². The number of hydrogen-bond donors (Lipinski definition) is 2. The van der Waals surface area contributed by atoms with E-state index in [-0.39, 0.29) is 11.7 Å². The van der Waals surface area contributed by atoms with E-state index in [2.05, 4.69) is 11.9 Å². The van der Waals surface area contributed by atoms with Gasteiger partial charge >= 0.3 is 0 Å². The first-order chi connectivity index (χ1) is 7.82. The number of phenolic OH excluding ortho intramolecular Hbond substituents is 1. The molecule has 3 nitrogen and oxygen atoms in total. The van der Waals surface area contributed by atoms with E-state index in [0.29, 0.717) is 6.42 Å². The van der Waals surface area contributed by atoms with Gasteiger partial charge in [-0.25, -0.2) is 0 Å². The van der Waals surface area contributed by atoms with Crippen LogP contribution in [0.2, 0.25) is 0 Å². The van der Waals surface area contributed by atoms with Crippen molar-refractivity contribution in [3.8, 4) is 5.75 Å². The number of benzene rings is 1. The van der Waals surface area contributed by atoms with Crippen molar-refractivity contribution in [2.45, 2.75) is 34.1 Å². The summed E-state index contributed by atoms with van der Waals surface area (Å²) in [4.78, 5) is 11.1. The molecule has 2 N–H and O–H groups in total. The molecule has 0 fully saturated rings. The summed E-state index contributed by atoms with van der Waals surface area (Å²) in [6, 6.07) is 1.68. The van der Waals surface area contributed by atoms with E-state index in [0.717, 1.165) is 28.0 Å². The maximum Gasteiger partial charge on any atom is 0.221 e. The maximum atomic E-state index is 11.1. The lowest BCUT2D eigenvalue weighted by molar-refractivity contribution is -0.114. The SMILES string of the molecule is C=C(C)Cc1c(O)cc(C)c(NC(C)=O)c1C. The van der Waals surface area contributed by atoms with Crippen LogP contribution in [0.5, 0.6) is 5.75 Å². The van der Waals surface area contributed by atoms with E-state index in [1.165, 1.54) is 6.92 Å². The molecule has 1 aromatic rings. The number of aryl methyl sites for hydroxylation is 1. The van der Waals surface area contributed by atoms with E-state index in [4.69, 9.17) is 0 Å². The third-order valence-electron chi connectivity index (χ3n) is 2.66. The molecule has 1 rings (SSSR count). The first-order valence-corrected chi connectivity index (χ1v) is 5.57. The second-order valence-electron chi connectivity index (χ2n) is 4.51. The predicted octanol–water partition coefficient (Wildman–Crippen LogP) is 3.09. The first-order valence-electron chi connectivity index (χ1n) is 5.57. The molecule has 0 unspecified atom stereocenters. The molecule has 0 aromatic heterocycles. The average molecular weight is 233 g/mol. The van der Waals surface area contributed by atoms with Crippen LogP contribution in [0.25, 0.3) is 0 Å². The highest BCUT2D eigenvalue weighted by Crippen LogP contribution is 2.32. The Bertz CT molecular complexity index is 435. The molecule has 0 radical (unpaired) electrons. The fraction of sp³-hybridized carbons (Fsp3) is 0.357. The van der Waals surface area contributed by atoms with Gasteiger partial charge in [-0.05, 0) is 44.4 Å². The number of nitrogens with one attached hydrogen (secondary N) is 1. The summed E-state index contributed by atoms with van der Waals surface area (Å²) >= 11 is 0. The van der Waals surface area contributed by atoms with E-state index in [1.54, 1.807) is 6.07 Å². The Balaban J connectivity index is 3.31. The summed E-state index contributed by atoms with van der Waals surface area (Å²) in [5, 5.41) is 12.7. The van der Waals surface area contributed by atoms with E-state index < -0.39 is 0 Å². The molecule has 0 saturated carbocycles. The number of rotatable bonds is 3. The first kappa shape index (κ1) is 13.3. The number of allylic oxidation sites excluding steroid dienone is 1. The van der Waals surface area contributed by atoms with Crippen molar-refractivity contribution in [2.24, 2.45) is 0 Å². The van der Waals surface area contributed by atoms with Crippen molar-refractivity contribution in [1.29, 1.82) is 0 Å². The quantitative estimate of drug-likeness (QED) is 0.622. The van der Waals surface area contributed by atoms with Gasteiger partial charge in [0.1, 0.15) is 5.75 Å². The van der Waals surface area contributed by atoms with Crippen LogP contribution < -0.4 is 5.32 Å². The lowest BCUT2D eigenvalue weighted by atomic mass is 9.96. The van der Waals surface area contributed by atoms with Crippen molar-refractivity contribution >= 4 is 11.6 Å². The molecule has 0 saturated heterocycles. The normalized spacial score (nSPS) is 10.1. The van der Waals surface area contributed by atoms with Gasteiger partial charge in [0.05, 0.1) is 0 Å². The minimum absolute atomic E-state index is 0.108. The summed E-state index contributed by atoms with van der Waals surface area (Å²) in [6.45, 7) is 11.0. The molecule has 1 amide bonds. The zero-order valence-corrected chi connectivity index (χ0v) is 10.8. The monoisotopic (exact) mass is 233 g/mol. The average Bonchev–Trinajstić information content (AvgIpc) is 2.18. The summed E-state index contributed by atoms with van der Waals surface area (Å²) in [6.07, 6.45) is 0.616. The van der Waals surface area contributed by atoms with Crippen LogP contribution in [0.3, 0.4) is 0 Å². The third-order valence-corrected chi connectivity index (χ3v) is 2.66. The number of anilines is 1. The summed E-state index contributed by atoms with van der Waals surface area (Å²) in [7, 11) is 0. The van der Waals surface area contributed by atoms with Crippen LogP contribution in [-0.2, 0) is 11.2 Å². The van der Waals surface area contributed by atoms with Crippen LogP contribution in [0, 0.1) is 13.8 Å². The molecule has 0 bridgehead atoms. The highest BCUT2D eigenvalue weighted by Gasteiger charge is 2.13. The Morgan fingerprint density at radius 1 is 1.41 bits per heavy atom. The molecule has 0 aliphatic carbocycles. The van der Waals surface area contributed by atoms with E-state index >= 15 is 0 Å². The highest BCUT2D eigenvalue weighted by atomic mass is 16.3. The molecule has 3 heteroatoms. The topological polar surface area (TPSA) is 49.3 Å². The zero-order valence-electron chi connectivity index (χ0n) is 10.8. The van der Waals surface area contributed by atoms with Crippen LogP contribution in [0.1, 0.15) is 30.5 Å². The number of amides is 1. The van der Waals surface area contributed by atoms with Crippen molar-refractivity contribution in [2.75, 3.05) is 5.32 Å². The van der Waals surface area contributed by atoms with Crippen LogP contribution >= 0.6 is 0 Å². The minimum Gasteiger partial charge on any atom is -0.508 e. The Labute approximate surface area is 102 Å². The van der Waals surface area contributed by atoms with E-state index in [1.807, 2.05) is 20.8 Å². The van der Waals surface area contributed by atoms with Gasteiger partial charge in [0.15, 0.2) is 0 Å². The molecule has 1 aromatic carbocycles. The van der Waals surface area contributed by atoms with Crippen molar-refractivity contribution < 1.29 is 9.90 Å². The second-order valence-corrected chi connectivity index (χ2v) is 4.51. The van der Waals surface area contributed by atoms with Gasteiger partial charge in [0.25, 0.3) is 0 Å². The number of aromatic hydroxyl groups is 1. The summed E-state index contributed by atoms with van der Waals surface area (Å²) < 4.78 is 0. The zero-order chi connectivity index (χ0) is 13.2. The largest absolute Gasteiger partial charge is 0.508 e. The molecular formula is C14H19NO2. The van der Waals surface area contributed by atoms with Gasteiger partial charge in [-0.1, -0.05) is 12.2 Å². The van der Waals surface area contributed by atoms with Gasteiger partial charge in [-0.2, -0.15) is 0 Å². The summed E-state index contributed by atoms with van der Waals surface area (Å²) in [5.41, 5.74) is 4.35. The fourth-order valence-corrected chi connectivity index (χ4v) is 1.90. The molecule has 0 aliphatic heterocycles. The van der Waals surface area contributed by atoms with Gasteiger partial charge in [0.2, 0.25) is 5.91 Å². The maximum absolute atomic E-state index is 11.1. The van der Waals surface area contributed by atoms with Crippen LogP contribution in [-0.4, -0.2) is 11.0 Å². The minimum atomic E-state index is -0.108.